The van der Waals surface area contributed by atoms with Crippen molar-refractivity contribution < 1.29 is 19.1 Å². The number of hydrogen-bond donors (Lipinski definition) is 1. The van der Waals surface area contributed by atoms with Crippen molar-refractivity contribution in [3.8, 4) is 0 Å². The molecule has 6 nitrogen and oxygen atoms in total. The molecule has 1 saturated heterocycles. The van der Waals surface area contributed by atoms with Crippen LogP contribution < -0.4 is 10.2 Å². The molecule has 0 radical (unpaired) electrons. The highest BCUT2D eigenvalue weighted by Gasteiger charge is 2.45. The maximum Gasteiger partial charge on any atom is 0.350 e. The summed E-state index contributed by atoms with van der Waals surface area (Å²) in [5.74, 6) is 0.644. The number of methoxy groups -OCH3 is 1. The summed E-state index contributed by atoms with van der Waals surface area (Å²) in [6.45, 7) is 3.02. The SMILES string of the molecule is COC(=O)c1sc(C2=CCCCC2)cc1N(C(=O)C1CCC(C)CC1)C1CCC2(CC1)CNC(=O)C2. The second-order valence-corrected chi connectivity index (χ2v) is 12.7. The van der Waals surface area contributed by atoms with E-state index >= 15 is 0 Å². The van der Waals surface area contributed by atoms with Crippen LogP contribution in [0.3, 0.4) is 0 Å². The van der Waals surface area contributed by atoms with Gasteiger partial charge in [-0.25, -0.2) is 4.79 Å². The van der Waals surface area contributed by atoms with E-state index in [0.717, 1.165) is 87.7 Å². The Hall–Kier alpha value is -2.15. The minimum absolute atomic E-state index is 0.00885. The van der Waals surface area contributed by atoms with Crippen LogP contribution in [0.1, 0.15) is 105 Å². The van der Waals surface area contributed by atoms with Crippen LogP contribution in [0, 0.1) is 17.3 Å². The third-order valence-electron chi connectivity index (χ3n) is 9.13. The smallest absolute Gasteiger partial charge is 0.350 e. The van der Waals surface area contributed by atoms with Crippen molar-refractivity contribution in [1.29, 1.82) is 0 Å². The van der Waals surface area contributed by atoms with E-state index in [1.165, 1.54) is 30.4 Å². The molecule has 1 aliphatic heterocycles. The Morgan fingerprint density at radius 3 is 2.47 bits per heavy atom. The Bertz CT molecular complexity index is 1030. The molecule has 0 unspecified atom stereocenters. The fourth-order valence-electron chi connectivity index (χ4n) is 6.80. The van der Waals surface area contributed by atoms with E-state index in [4.69, 9.17) is 4.74 Å². The molecule has 0 aromatic carbocycles. The van der Waals surface area contributed by atoms with Gasteiger partial charge < -0.3 is 15.0 Å². The van der Waals surface area contributed by atoms with Gasteiger partial charge in [0.15, 0.2) is 0 Å². The summed E-state index contributed by atoms with van der Waals surface area (Å²) < 4.78 is 5.21. The first kappa shape index (κ1) is 25.5. The van der Waals surface area contributed by atoms with Gasteiger partial charge in [0.1, 0.15) is 4.88 Å². The number of amides is 2. The van der Waals surface area contributed by atoms with Gasteiger partial charge in [0.25, 0.3) is 0 Å². The summed E-state index contributed by atoms with van der Waals surface area (Å²) in [6.07, 6.45) is 14.9. The molecule has 1 spiro atoms. The van der Waals surface area contributed by atoms with Crippen LogP contribution in [0.15, 0.2) is 12.1 Å². The lowest BCUT2D eigenvalue weighted by Crippen LogP contribution is -2.48. The van der Waals surface area contributed by atoms with Crippen molar-refractivity contribution >= 4 is 40.4 Å². The van der Waals surface area contributed by atoms with E-state index in [1.54, 1.807) is 0 Å². The number of allylic oxidation sites excluding steroid dienone is 2. The zero-order valence-corrected chi connectivity index (χ0v) is 22.6. The average Bonchev–Trinajstić information content (AvgIpc) is 3.50. The normalized spacial score (nSPS) is 30.6. The third kappa shape index (κ3) is 5.13. The van der Waals surface area contributed by atoms with Crippen LogP contribution in [0.2, 0.25) is 0 Å². The summed E-state index contributed by atoms with van der Waals surface area (Å²) in [6, 6.07) is 2.15. The van der Waals surface area contributed by atoms with Crippen molar-refractivity contribution in [3.63, 3.8) is 0 Å². The number of rotatable bonds is 5. The number of anilines is 1. The van der Waals surface area contributed by atoms with E-state index in [9.17, 15) is 14.4 Å². The summed E-state index contributed by atoms with van der Waals surface area (Å²) in [5, 5.41) is 3.02. The Morgan fingerprint density at radius 2 is 1.86 bits per heavy atom. The number of carbonyl (C=O) groups is 3. The maximum atomic E-state index is 14.2. The van der Waals surface area contributed by atoms with E-state index in [-0.39, 0.29) is 35.2 Å². The highest BCUT2D eigenvalue weighted by atomic mass is 32.1. The molecule has 1 N–H and O–H groups in total. The fraction of sp³-hybridized carbons (Fsp3) is 0.690. The molecule has 7 heteroatoms. The van der Waals surface area contributed by atoms with Gasteiger partial charge in [0.2, 0.25) is 11.8 Å². The number of nitrogens with zero attached hydrogens (tertiary/aromatic N) is 1. The zero-order chi connectivity index (χ0) is 25.3. The van der Waals surface area contributed by atoms with Crippen LogP contribution in [0.25, 0.3) is 5.57 Å². The minimum Gasteiger partial charge on any atom is -0.465 e. The van der Waals surface area contributed by atoms with Gasteiger partial charge in [-0.05, 0) is 100 Å². The van der Waals surface area contributed by atoms with E-state index in [1.807, 2.05) is 4.90 Å². The Balaban J connectivity index is 1.49. The van der Waals surface area contributed by atoms with Gasteiger partial charge in [-0.1, -0.05) is 13.0 Å². The summed E-state index contributed by atoms with van der Waals surface area (Å²) >= 11 is 1.48. The van der Waals surface area contributed by atoms with Crippen molar-refractivity contribution in [2.75, 3.05) is 18.6 Å². The van der Waals surface area contributed by atoms with Crippen LogP contribution in [-0.4, -0.2) is 37.5 Å². The first-order valence-corrected chi connectivity index (χ1v) is 14.7. The highest BCUT2D eigenvalue weighted by molar-refractivity contribution is 7.15. The van der Waals surface area contributed by atoms with Gasteiger partial charge in [-0.3, -0.25) is 9.59 Å². The lowest BCUT2D eigenvalue weighted by atomic mass is 9.71. The molecule has 36 heavy (non-hydrogen) atoms. The van der Waals surface area contributed by atoms with E-state index in [2.05, 4.69) is 24.4 Å². The highest BCUT2D eigenvalue weighted by Crippen LogP contribution is 2.46. The number of ether oxygens (including phenoxy) is 1. The van der Waals surface area contributed by atoms with Gasteiger partial charge in [0.05, 0.1) is 12.8 Å². The van der Waals surface area contributed by atoms with Crippen LogP contribution >= 0.6 is 11.3 Å². The van der Waals surface area contributed by atoms with Gasteiger partial charge >= 0.3 is 5.97 Å². The van der Waals surface area contributed by atoms with Crippen molar-refractivity contribution in [3.05, 3.63) is 21.9 Å². The van der Waals surface area contributed by atoms with E-state index in [0.29, 0.717) is 17.2 Å². The predicted octanol–water partition coefficient (Wildman–Crippen LogP) is 6.10. The second-order valence-electron chi connectivity index (χ2n) is 11.6. The molecule has 0 bridgehead atoms. The van der Waals surface area contributed by atoms with Crippen molar-refractivity contribution in [2.24, 2.45) is 17.3 Å². The van der Waals surface area contributed by atoms with Gasteiger partial charge in [0, 0.05) is 29.8 Å². The topological polar surface area (TPSA) is 75.7 Å². The Kier molecular flexibility index (Phi) is 7.57. The molecule has 0 atom stereocenters. The molecule has 2 amide bonds. The molecule has 196 valence electrons. The molecule has 5 rings (SSSR count). The summed E-state index contributed by atoms with van der Waals surface area (Å²) in [5.41, 5.74) is 2.07. The Morgan fingerprint density at radius 1 is 1.11 bits per heavy atom. The maximum absolute atomic E-state index is 14.2. The van der Waals surface area contributed by atoms with Crippen LogP contribution in [0.5, 0.6) is 0 Å². The third-order valence-corrected chi connectivity index (χ3v) is 10.3. The monoisotopic (exact) mass is 512 g/mol. The quantitative estimate of drug-likeness (QED) is 0.484. The molecule has 2 saturated carbocycles. The second kappa shape index (κ2) is 10.7. The molecular weight excluding hydrogens is 472 g/mol. The standard InChI is InChI=1S/C29H40N2O4S/c1-19-8-10-21(11-9-19)27(33)31(22-12-14-29(15-13-22)17-25(32)30-18-29)23-16-24(20-6-4-3-5-7-20)36-26(23)28(34)35-2/h6,16,19,21-22H,3-5,7-15,17-18H2,1-2H3,(H,30,32). The largest absolute Gasteiger partial charge is 0.465 e. The van der Waals surface area contributed by atoms with Crippen molar-refractivity contribution in [2.45, 2.75) is 96.4 Å². The average molecular weight is 513 g/mol. The first-order valence-electron chi connectivity index (χ1n) is 13.9. The molecule has 1 aromatic rings. The molecule has 2 heterocycles. The van der Waals surface area contributed by atoms with Crippen LogP contribution in [-0.2, 0) is 14.3 Å². The predicted molar refractivity (Wildman–Crippen MR) is 143 cm³/mol. The van der Waals surface area contributed by atoms with Gasteiger partial charge in [-0.15, -0.1) is 11.3 Å². The zero-order valence-electron chi connectivity index (χ0n) is 21.8. The lowest BCUT2D eigenvalue weighted by Gasteiger charge is -2.42. The number of esters is 1. The summed E-state index contributed by atoms with van der Waals surface area (Å²) in [7, 11) is 1.43. The molecule has 3 fully saturated rings. The molecule has 3 aliphatic carbocycles. The summed E-state index contributed by atoms with van der Waals surface area (Å²) in [4.78, 5) is 42.8. The van der Waals surface area contributed by atoms with Crippen LogP contribution in [0.4, 0.5) is 5.69 Å². The lowest BCUT2D eigenvalue weighted by molar-refractivity contribution is -0.124. The number of hydrogen-bond acceptors (Lipinski definition) is 5. The van der Waals surface area contributed by atoms with Gasteiger partial charge in [-0.2, -0.15) is 0 Å². The number of carbonyl (C=O) groups excluding carboxylic acids is 3. The minimum atomic E-state index is -0.356. The van der Waals surface area contributed by atoms with E-state index < -0.39 is 0 Å². The number of thiophene rings is 1. The number of nitrogens with one attached hydrogen (secondary N) is 1. The first-order chi connectivity index (χ1) is 17.4. The Labute approximate surface area is 218 Å². The fourth-order valence-corrected chi connectivity index (χ4v) is 7.93. The molecule has 4 aliphatic rings. The van der Waals surface area contributed by atoms with Crippen molar-refractivity contribution in [1.82, 2.24) is 5.32 Å². The molecule has 1 aromatic heterocycles. The molecular formula is C29H40N2O4S.